The Balaban J connectivity index is 2.32. The van der Waals surface area contributed by atoms with Crippen LogP contribution < -0.4 is 0 Å². The van der Waals surface area contributed by atoms with Gasteiger partial charge in [0.25, 0.3) is 5.16 Å². The van der Waals surface area contributed by atoms with E-state index in [-0.39, 0.29) is 5.16 Å². The predicted octanol–water partition coefficient (Wildman–Crippen LogP) is 0.304. The number of amides is 1. The minimum atomic E-state index is -3.92. The summed E-state index contributed by atoms with van der Waals surface area (Å²) in [5.74, 6) is -1.12. The average Bonchev–Trinajstić information content (AvgIpc) is 2.99. The first-order chi connectivity index (χ1) is 10.5. The van der Waals surface area contributed by atoms with Gasteiger partial charge in [0.2, 0.25) is 15.7 Å². The minimum absolute atomic E-state index is 0.334. The molecule has 0 aliphatic rings. The van der Waals surface area contributed by atoms with Crippen molar-refractivity contribution in [2.45, 2.75) is 19.0 Å². The highest BCUT2D eigenvalue weighted by molar-refractivity contribution is 7.91. The van der Waals surface area contributed by atoms with E-state index in [1.165, 1.54) is 4.90 Å². The van der Waals surface area contributed by atoms with Crippen LogP contribution in [0.5, 0.6) is 0 Å². The maximum absolute atomic E-state index is 12.4. The molecule has 0 unspecified atom stereocenters. The van der Waals surface area contributed by atoms with Gasteiger partial charge in [0, 0.05) is 13.1 Å². The van der Waals surface area contributed by atoms with Gasteiger partial charge in [-0.2, -0.15) is 4.68 Å². The quantitative estimate of drug-likeness (QED) is 0.758. The van der Waals surface area contributed by atoms with E-state index in [9.17, 15) is 13.2 Å². The molecule has 2 rings (SSSR count). The van der Waals surface area contributed by atoms with Crippen LogP contribution in [0, 0.1) is 0 Å². The van der Waals surface area contributed by atoms with E-state index in [4.69, 9.17) is 0 Å². The van der Waals surface area contributed by atoms with Crippen molar-refractivity contribution in [3.8, 4) is 5.69 Å². The van der Waals surface area contributed by atoms with Crippen molar-refractivity contribution in [3.05, 3.63) is 30.3 Å². The van der Waals surface area contributed by atoms with E-state index in [1.54, 1.807) is 44.2 Å². The van der Waals surface area contributed by atoms with Crippen LogP contribution in [0.25, 0.3) is 5.69 Å². The molecule has 1 amide bonds. The summed E-state index contributed by atoms with van der Waals surface area (Å²) in [6.07, 6.45) is 0. The molecule has 0 N–H and O–H groups in total. The Kier molecular flexibility index (Phi) is 4.86. The number of carbonyl (C=O) groups is 1. The van der Waals surface area contributed by atoms with Gasteiger partial charge in [0.15, 0.2) is 0 Å². The Morgan fingerprint density at radius 1 is 1.18 bits per heavy atom. The van der Waals surface area contributed by atoms with Crippen molar-refractivity contribution in [1.29, 1.82) is 0 Å². The second kappa shape index (κ2) is 6.65. The Hall–Kier alpha value is -2.29. The molecule has 1 aromatic carbocycles. The molecule has 8 nitrogen and oxygen atoms in total. The fraction of sp³-hybridized carbons (Fsp3) is 0.385. The fourth-order valence-electron chi connectivity index (χ4n) is 2.00. The molecule has 0 atom stereocenters. The number of sulfone groups is 1. The monoisotopic (exact) mass is 323 g/mol. The highest BCUT2D eigenvalue weighted by Crippen LogP contribution is 2.13. The molecular weight excluding hydrogens is 306 g/mol. The lowest BCUT2D eigenvalue weighted by Gasteiger charge is -2.18. The van der Waals surface area contributed by atoms with Gasteiger partial charge >= 0.3 is 0 Å². The molecular formula is C13H17N5O3S. The van der Waals surface area contributed by atoms with E-state index >= 15 is 0 Å². The topological polar surface area (TPSA) is 98.1 Å². The van der Waals surface area contributed by atoms with Crippen molar-refractivity contribution in [2.24, 2.45) is 0 Å². The second-order valence-electron chi connectivity index (χ2n) is 4.53. The lowest BCUT2D eigenvalue weighted by atomic mass is 10.3. The van der Waals surface area contributed by atoms with Gasteiger partial charge in [-0.05, 0) is 36.4 Å². The SMILES string of the molecule is CCN(CC)C(=O)CS(=O)(=O)c1nnnn1-c1ccccc1. The summed E-state index contributed by atoms with van der Waals surface area (Å²) in [6, 6.07) is 8.65. The molecule has 9 heteroatoms. The third-order valence-corrected chi connectivity index (χ3v) is 4.59. The van der Waals surface area contributed by atoms with E-state index < -0.39 is 21.5 Å². The van der Waals surface area contributed by atoms with Crippen LogP contribution in [-0.2, 0) is 14.6 Å². The number of rotatable bonds is 6. The first kappa shape index (κ1) is 16.1. The molecule has 0 aliphatic carbocycles. The van der Waals surface area contributed by atoms with Gasteiger partial charge in [-0.1, -0.05) is 23.3 Å². The van der Waals surface area contributed by atoms with Gasteiger partial charge in [-0.3, -0.25) is 4.79 Å². The zero-order chi connectivity index (χ0) is 16.2. The molecule has 2 aromatic rings. The summed E-state index contributed by atoms with van der Waals surface area (Å²) in [6.45, 7) is 4.49. The summed E-state index contributed by atoms with van der Waals surface area (Å²) in [4.78, 5) is 13.5. The van der Waals surface area contributed by atoms with Crippen LogP contribution in [0.3, 0.4) is 0 Å². The molecule has 0 fully saturated rings. The number of carbonyl (C=O) groups excluding carboxylic acids is 1. The van der Waals surface area contributed by atoms with Crippen molar-refractivity contribution in [3.63, 3.8) is 0 Å². The maximum atomic E-state index is 12.4. The van der Waals surface area contributed by atoms with Crippen molar-refractivity contribution in [2.75, 3.05) is 18.8 Å². The molecule has 22 heavy (non-hydrogen) atoms. The molecule has 0 radical (unpaired) electrons. The molecule has 0 aliphatic heterocycles. The smallest absolute Gasteiger partial charge is 0.272 e. The molecule has 0 spiro atoms. The lowest BCUT2D eigenvalue weighted by Crippen LogP contribution is -2.36. The Morgan fingerprint density at radius 2 is 1.82 bits per heavy atom. The third-order valence-electron chi connectivity index (χ3n) is 3.15. The van der Waals surface area contributed by atoms with E-state index in [2.05, 4.69) is 15.5 Å². The summed E-state index contributed by atoms with van der Waals surface area (Å²) in [5, 5.41) is 10.4. The lowest BCUT2D eigenvalue weighted by molar-refractivity contribution is -0.128. The Labute approximate surface area is 128 Å². The van der Waals surface area contributed by atoms with Crippen molar-refractivity contribution >= 4 is 15.7 Å². The number of benzene rings is 1. The molecule has 118 valence electrons. The van der Waals surface area contributed by atoms with Crippen LogP contribution in [0.2, 0.25) is 0 Å². The summed E-state index contributed by atoms with van der Waals surface area (Å²) >= 11 is 0. The van der Waals surface area contributed by atoms with Gasteiger partial charge in [-0.25, -0.2) is 8.42 Å². The number of para-hydroxylation sites is 1. The molecule has 0 saturated carbocycles. The zero-order valence-corrected chi connectivity index (χ0v) is 13.2. The highest BCUT2D eigenvalue weighted by Gasteiger charge is 2.28. The van der Waals surface area contributed by atoms with E-state index in [0.29, 0.717) is 18.8 Å². The number of hydrogen-bond acceptors (Lipinski definition) is 6. The highest BCUT2D eigenvalue weighted by atomic mass is 32.2. The predicted molar refractivity (Wildman–Crippen MR) is 79.1 cm³/mol. The second-order valence-corrected chi connectivity index (χ2v) is 6.42. The van der Waals surface area contributed by atoms with Gasteiger partial charge < -0.3 is 4.90 Å². The van der Waals surface area contributed by atoms with Crippen LogP contribution in [0.1, 0.15) is 13.8 Å². The number of nitrogens with zero attached hydrogens (tertiary/aromatic N) is 5. The van der Waals surface area contributed by atoms with Crippen LogP contribution >= 0.6 is 0 Å². The van der Waals surface area contributed by atoms with Crippen LogP contribution in [-0.4, -0.2) is 58.3 Å². The van der Waals surface area contributed by atoms with E-state index in [1.807, 2.05) is 0 Å². The normalized spacial score (nSPS) is 11.4. The maximum Gasteiger partial charge on any atom is 0.272 e. The zero-order valence-electron chi connectivity index (χ0n) is 12.4. The first-order valence-electron chi connectivity index (χ1n) is 6.84. The largest absolute Gasteiger partial charge is 0.342 e. The minimum Gasteiger partial charge on any atom is -0.342 e. The number of tetrazole rings is 1. The number of aromatic nitrogens is 4. The van der Waals surface area contributed by atoms with Crippen LogP contribution in [0.15, 0.2) is 35.5 Å². The van der Waals surface area contributed by atoms with Crippen LogP contribution in [0.4, 0.5) is 0 Å². The van der Waals surface area contributed by atoms with Gasteiger partial charge in [-0.15, -0.1) is 0 Å². The van der Waals surface area contributed by atoms with Crippen molar-refractivity contribution < 1.29 is 13.2 Å². The third kappa shape index (κ3) is 3.30. The summed E-state index contributed by atoms with van der Waals surface area (Å²) in [7, 11) is -3.92. The van der Waals surface area contributed by atoms with Gasteiger partial charge in [0.05, 0.1) is 5.69 Å². The fourth-order valence-corrected chi connectivity index (χ4v) is 3.20. The molecule has 0 bridgehead atoms. The van der Waals surface area contributed by atoms with Gasteiger partial charge in [0.1, 0.15) is 5.75 Å². The standard InChI is InChI=1S/C13H17N5O3S/c1-3-17(4-2)12(19)10-22(20,21)13-14-15-16-18(13)11-8-6-5-7-9-11/h5-9H,3-4,10H2,1-2H3. The summed E-state index contributed by atoms with van der Waals surface area (Å²) in [5.41, 5.74) is 0.515. The molecule has 1 aromatic heterocycles. The van der Waals surface area contributed by atoms with Crippen molar-refractivity contribution in [1.82, 2.24) is 25.1 Å². The summed E-state index contributed by atoms with van der Waals surface area (Å²) < 4.78 is 26.0. The first-order valence-corrected chi connectivity index (χ1v) is 8.49. The molecule has 1 heterocycles. The Morgan fingerprint density at radius 3 is 2.41 bits per heavy atom. The van der Waals surface area contributed by atoms with E-state index in [0.717, 1.165) is 4.68 Å². The number of hydrogen-bond donors (Lipinski definition) is 0. The molecule has 0 saturated heterocycles. The average molecular weight is 323 g/mol. The Bertz CT molecular complexity index is 738.